The highest BCUT2D eigenvalue weighted by Gasteiger charge is 2.37. The van der Waals surface area contributed by atoms with Gasteiger partial charge in [0.15, 0.2) is 0 Å². The number of hydrogen-bond donors (Lipinski definition) is 1. The van der Waals surface area contributed by atoms with E-state index in [-0.39, 0.29) is 41.8 Å². The fourth-order valence-electron chi connectivity index (χ4n) is 6.33. The van der Waals surface area contributed by atoms with Gasteiger partial charge in [-0.3, -0.25) is 14.6 Å². The topological polar surface area (TPSA) is 64.2 Å². The number of aromatic nitrogens is 1. The van der Waals surface area contributed by atoms with Gasteiger partial charge in [-0.2, -0.15) is 13.2 Å². The summed E-state index contributed by atoms with van der Waals surface area (Å²) in [4.78, 5) is 26.0. The Hall–Kier alpha value is -3.75. The number of carbonyl (C=O) groups is 1. The lowest BCUT2D eigenvalue weighted by atomic mass is 10.1. The minimum absolute atomic E-state index is 0.105. The predicted octanol–water partition coefficient (Wildman–Crippen LogP) is 7.20. The van der Waals surface area contributed by atoms with Gasteiger partial charge in [0.1, 0.15) is 11.6 Å². The molecule has 1 N–H and O–H groups in total. The molecule has 0 spiro atoms. The van der Waals surface area contributed by atoms with Crippen molar-refractivity contribution in [2.75, 3.05) is 68.0 Å². The first-order chi connectivity index (χ1) is 23.5. The van der Waals surface area contributed by atoms with E-state index in [1.54, 1.807) is 12.1 Å². The highest BCUT2D eigenvalue weighted by Crippen LogP contribution is 2.38. The minimum atomic E-state index is -4.85. The molecule has 2 saturated heterocycles. The average Bonchev–Trinajstić information content (AvgIpc) is 3.04. The van der Waals surface area contributed by atoms with Gasteiger partial charge in [0.05, 0.1) is 34.8 Å². The van der Waals surface area contributed by atoms with Gasteiger partial charge in [0, 0.05) is 84.3 Å². The van der Waals surface area contributed by atoms with Crippen molar-refractivity contribution in [2.24, 2.45) is 0 Å². The maximum Gasteiger partial charge on any atom is 0.417 e. The predicted molar refractivity (Wildman–Crippen MR) is 190 cm³/mol. The van der Waals surface area contributed by atoms with E-state index in [1.165, 1.54) is 24.3 Å². The first kappa shape index (κ1) is 37.5. The first-order valence-corrected chi connectivity index (χ1v) is 20.7. The Kier molecular flexibility index (Phi) is 11.4. The SMILES string of the molecule is C[C@@H]1CN(c2cc(F)c(N3CCN(Cc4ccc(F)cc4)CC3)cc2NC(=O)c2cnc(OCC[Si](C)(C)C)cc2C(F)(F)F)C[C@H](C)N1C. The monoisotopic (exact) mass is 718 g/mol. The van der Waals surface area contributed by atoms with Crippen molar-refractivity contribution < 1.29 is 31.5 Å². The van der Waals surface area contributed by atoms with Crippen LogP contribution in [0.3, 0.4) is 0 Å². The number of anilines is 3. The zero-order valence-corrected chi connectivity index (χ0v) is 30.6. The number of piperazine rings is 2. The lowest BCUT2D eigenvalue weighted by Crippen LogP contribution is -2.55. The maximum atomic E-state index is 16.0. The molecule has 2 aromatic carbocycles. The molecule has 0 bridgehead atoms. The van der Waals surface area contributed by atoms with Crippen LogP contribution in [0, 0.1) is 11.6 Å². The van der Waals surface area contributed by atoms with Crippen molar-refractivity contribution in [3.63, 3.8) is 0 Å². The molecule has 8 nitrogen and oxygen atoms in total. The van der Waals surface area contributed by atoms with Crippen molar-refractivity contribution in [2.45, 2.75) is 64.3 Å². The van der Waals surface area contributed by atoms with Crippen LogP contribution < -0.4 is 19.9 Å². The molecular formula is C36H47F5N6O2Si. The number of nitrogens with one attached hydrogen (secondary N) is 1. The number of likely N-dealkylation sites (N-methyl/N-ethyl adjacent to an activating group) is 1. The van der Waals surface area contributed by atoms with E-state index in [0.29, 0.717) is 51.5 Å². The quantitative estimate of drug-likeness (QED) is 0.176. The Morgan fingerprint density at radius 2 is 1.58 bits per heavy atom. The van der Waals surface area contributed by atoms with Crippen LogP contribution in [0.1, 0.15) is 35.3 Å². The van der Waals surface area contributed by atoms with Gasteiger partial charge in [-0.25, -0.2) is 13.8 Å². The molecule has 2 atom stereocenters. The van der Waals surface area contributed by atoms with Crippen LogP contribution in [0.25, 0.3) is 0 Å². The minimum Gasteiger partial charge on any atom is -0.478 e. The smallest absolute Gasteiger partial charge is 0.417 e. The summed E-state index contributed by atoms with van der Waals surface area (Å²) in [5, 5.41) is 2.71. The molecule has 14 heteroatoms. The van der Waals surface area contributed by atoms with E-state index in [9.17, 15) is 22.4 Å². The van der Waals surface area contributed by atoms with Gasteiger partial charge in [-0.05, 0) is 50.7 Å². The zero-order chi connectivity index (χ0) is 36.4. The van der Waals surface area contributed by atoms with Gasteiger partial charge < -0.3 is 19.9 Å². The zero-order valence-electron chi connectivity index (χ0n) is 29.6. The lowest BCUT2D eigenvalue weighted by Gasteiger charge is -2.44. The van der Waals surface area contributed by atoms with E-state index in [4.69, 9.17) is 4.74 Å². The van der Waals surface area contributed by atoms with Crippen molar-refractivity contribution >= 4 is 31.0 Å². The summed E-state index contributed by atoms with van der Waals surface area (Å²) in [5.41, 5.74) is 0.0233. The second-order valence-corrected chi connectivity index (χ2v) is 20.3. The summed E-state index contributed by atoms with van der Waals surface area (Å²) in [6.07, 6.45) is -3.95. The van der Waals surface area contributed by atoms with Crippen molar-refractivity contribution in [3.8, 4) is 5.88 Å². The lowest BCUT2D eigenvalue weighted by molar-refractivity contribution is -0.138. The van der Waals surface area contributed by atoms with Crippen LogP contribution in [0.4, 0.5) is 39.0 Å². The summed E-state index contributed by atoms with van der Waals surface area (Å²) in [6, 6.07) is 10.9. The second-order valence-electron chi connectivity index (χ2n) is 14.7. The van der Waals surface area contributed by atoms with Gasteiger partial charge in [0.2, 0.25) is 5.88 Å². The summed E-state index contributed by atoms with van der Waals surface area (Å²) < 4.78 is 77.9. The third-order valence-electron chi connectivity index (χ3n) is 9.58. The van der Waals surface area contributed by atoms with Crippen molar-refractivity contribution in [3.05, 3.63) is 77.0 Å². The molecule has 2 fully saturated rings. The average molecular weight is 719 g/mol. The fraction of sp³-hybridized carbons (Fsp3) is 0.500. The number of ether oxygens (including phenoxy) is 1. The molecule has 2 aliphatic rings. The Balaban J connectivity index is 1.42. The molecule has 50 heavy (non-hydrogen) atoms. The standard InChI is InChI=1S/C36H47F5N6O2Si/c1-24-21-47(22-25(2)44(24)3)33-18-30(38)32(46-13-11-45(12-14-46)23-26-7-9-27(37)10-8-26)19-31(33)43-35(48)28-20-42-34(17-29(28)36(39,40)41)49-15-16-50(4,5)6/h7-10,17-20,24-25H,11-16,21-23H2,1-6H3,(H,43,48)/t24-,25+. The van der Waals surface area contributed by atoms with Crippen LogP contribution >= 0.6 is 0 Å². The molecule has 3 aromatic rings. The molecule has 2 aliphatic heterocycles. The molecule has 3 heterocycles. The van der Waals surface area contributed by atoms with Gasteiger partial charge >= 0.3 is 6.18 Å². The highest BCUT2D eigenvalue weighted by molar-refractivity contribution is 6.76. The molecule has 272 valence electrons. The number of alkyl halides is 3. The number of rotatable bonds is 10. The number of halogens is 5. The molecular weight excluding hydrogens is 672 g/mol. The van der Waals surface area contributed by atoms with E-state index >= 15 is 4.39 Å². The Morgan fingerprint density at radius 3 is 2.18 bits per heavy atom. The number of nitrogens with zero attached hydrogens (tertiary/aromatic N) is 5. The summed E-state index contributed by atoms with van der Waals surface area (Å²) in [5.74, 6) is -1.99. The Bertz CT molecular complexity index is 1630. The number of hydrogen-bond acceptors (Lipinski definition) is 7. The van der Waals surface area contributed by atoms with E-state index in [1.807, 2.05) is 30.7 Å². The van der Waals surface area contributed by atoms with Crippen LogP contribution in [0.15, 0.2) is 48.7 Å². The summed E-state index contributed by atoms with van der Waals surface area (Å²) in [6.45, 7) is 14.6. The molecule has 5 rings (SSSR count). The van der Waals surface area contributed by atoms with Gasteiger partial charge in [-0.15, -0.1) is 0 Å². The Labute approximate surface area is 292 Å². The normalized spacial score (nSPS) is 19.5. The molecule has 1 amide bonds. The van der Waals surface area contributed by atoms with Crippen molar-refractivity contribution in [1.29, 1.82) is 0 Å². The third-order valence-corrected chi connectivity index (χ3v) is 11.3. The number of pyridine rings is 1. The first-order valence-electron chi connectivity index (χ1n) is 17.0. The van der Waals surface area contributed by atoms with E-state index in [0.717, 1.165) is 23.9 Å². The largest absolute Gasteiger partial charge is 0.478 e. The van der Waals surface area contributed by atoms with Crippen LogP contribution in [0.5, 0.6) is 5.88 Å². The number of amides is 1. The molecule has 0 aliphatic carbocycles. The fourth-order valence-corrected chi connectivity index (χ4v) is 7.05. The van der Waals surface area contributed by atoms with Gasteiger partial charge in [0.25, 0.3) is 5.91 Å². The highest BCUT2D eigenvalue weighted by atomic mass is 28.3. The maximum absolute atomic E-state index is 16.0. The van der Waals surface area contributed by atoms with Crippen molar-refractivity contribution in [1.82, 2.24) is 14.8 Å². The van der Waals surface area contributed by atoms with E-state index in [2.05, 4.69) is 39.7 Å². The molecule has 0 saturated carbocycles. The van der Waals surface area contributed by atoms with Crippen LogP contribution in [0.2, 0.25) is 25.7 Å². The summed E-state index contributed by atoms with van der Waals surface area (Å²) in [7, 11) is 0.514. The second kappa shape index (κ2) is 15.2. The summed E-state index contributed by atoms with van der Waals surface area (Å²) >= 11 is 0. The van der Waals surface area contributed by atoms with Gasteiger partial charge in [-0.1, -0.05) is 31.8 Å². The molecule has 0 unspecified atom stereocenters. The third kappa shape index (κ3) is 9.32. The molecule has 1 aromatic heterocycles. The van der Waals surface area contributed by atoms with Crippen LogP contribution in [-0.4, -0.2) is 93.8 Å². The van der Waals surface area contributed by atoms with Crippen LogP contribution in [-0.2, 0) is 12.7 Å². The number of benzene rings is 2. The van der Waals surface area contributed by atoms with E-state index < -0.39 is 37.1 Å². The number of carbonyl (C=O) groups excluding carboxylic acids is 1. The molecule has 0 radical (unpaired) electrons. The Morgan fingerprint density at radius 1 is 0.940 bits per heavy atom.